The average molecular weight is 466 g/mol. The Hall–Kier alpha value is -1.83. The summed E-state index contributed by atoms with van der Waals surface area (Å²) < 4.78 is 5.40. The molecule has 0 bridgehead atoms. The molecule has 2 aliphatic carbocycles. The highest BCUT2D eigenvalue weighted by molar-refractivity contribution is 5.93. The quantitative estimate of drug-likeness (QED) is 0.579. The Morgan fingerprint density at radius 3 is 2.15 bits per heavy atom. The van der Waals surface area contributed by atoms with Crippen molar-refractivity contribution >= 4 is 17.9 Å². The molecule has 4 atom stereocenters. The topological polar surface area (TPSA) is 108 Å². The Labute approximate surface area is 198 Å². The lowest BCUT2D eigenvalue weighted by molar-refractivity contribution is -0.145. The highest BCUT2D eigenvalue weighted by Crippen LogP contribution is 2.65. The number of aliphatic hydroxyl groups is 1. The molecule has 3 amide bonds. The Bertz CT molecular complexity index is 804. The van der Waals surface area contributed by atoms with Gasteiger partial charge in [0.15, 0.2) is 0 Å². The van der Waals surface area contributed by atoms with Crippen molar-refractivity contribution in [3.8, 4) is 0 Å². The van der Waals surface area contributed by atoms with Gasteiger partial charge in [-0.1, -0.05) is 41.5 Å². The fraction of sp³-hybridized carbons (Fsp3) is 0.880. The SMILES string of the molecule is CC1CC(CO)(NC(=O)[C@@H]2[C@@H]3[C@H](CN2C(=O)[C@@H](NC(=O)OC(C)(C)C)C(C)(C)C)C3(C)C)C1. The molecule has 8 nitrogen and oxygen atoms in total. The summed E-state index contributed by atoms with van der Waals surface area (Å²) >= 11 is 0. The van der Waals surface area contributed by atoms with Crippen LogP contribution < -0.4 is 10.6 Å². The molecule has 188 valence electrons. The number of piperidine rings is 1. The molecule has 3 N–H and O–H groups in total. The Morgan fingerprint density at radius 1 is 1.12 bits per heavy atom. The Kier molecular flexibility index (Phi) is 6.36. The molecule has 1 aliphatic heterocycles. The van der Waals surface area contributed by atoms with Crippen molar-refractivity contribution in [2.75, 3.05) is 13.2 Å². The van der Waals surface area contributed by atoms with Gasteiger partial charge in [0, 0.05) is 6.54 Å². The molecule has 3 rings (SSSR count). The number of fused-ring (bicyclic) bond motifs is 1. The number of ether oxygens (including phenoxy) is 1. The Balaban J connectivity index is 1.81. The maximum atomic E-state index is 13.8. The maximum absolute atomic E-state index is 13.8. The van der Waals surface area contributed by atoms with E-state index in [1.807, 2.05) is 20.8 Å². The minimum atomic E-state index is -0.834. The van der Waals surface area contributed by atoms with Gasteiger partial charge >= 0.3 is 6.09 Å². The lowest BCUT2D eigenvalue weighted by Crippen LogP contribution is -2.64. The zero-order valence-electron chi connectivity index (χ0n) is 21.7. The molecule has 3 aliphatic rings. The number of carbonyl (C=O) groups is 3. The molecule has 3 fully saturated rings. The first-order valence-electron chi connectivity index (χ1n) is 12.1. The van der Waals surface area contributed by atoms with Gasteiger partial charge in [0.05, 0.1) is 12.1 Å². The number of rotatable bonds is 5. The smallest absolute Gasteiger partial charge is 0.408 e. The summed E-state index contributed by atoms with van der Waals surface area (Å²) in [5, 5.41) is 15.8. The molecule has 8 heteroatoms. The van der Waals surface area contributed by atoms with Crippen LogP contribution in [0.1, 0.15) is 75.2 Å². The molecule has 1 saturated heterocycles. The summed E-state index contributed by atoms with van der Waals surface area (Å²) in [4.78, 5) is 41.5. The van der Waals surface area contributed by atoms with Gasteiger partial charge in [0.1, 0.15) is 17.7 Å². The Morgan fingerprint density at radius 2 is 1.70 bits per heavy atom. The molecule has 0 spiro atoms. The first-order valence-corrected chi connectivity index (χ1v) is 12.1. The fourth-order valence-corrected chi connectivity index (χ4v) is 5.93. The van der Waals surface area contributed by atoms with E-state index < -0.39 is 34.7 Å². The van der Waals surface area contributed by atoms with E-state index in [-0.39, 0.29) is 35.7 Å². The molecule has 0 radical (unpaired) electrons. The van der Waals surface area contributed by atoms with Crippen molar-refractivity contribution in [2.45, 2.75) is 98.4 Å². The van der Waals surface area contributed by atoms with E-state index in [1.54, 1.807) is 25.7 Å². The minimum Gasteiger partial charge on any atom is -0.444 e. The third-order valence-electron chi connectivity index (χ3n) is 7.70. The number of alkyl carbamates (subject to hydrolysis) is 1. The van der Waals surface area contributed by atoms with E-state index in [2.05, 4.69) is 31.4 Å². The van der Waals surface area contributed by atoms with Crippen LogP contribution in [-0.4, -0.2) is 64.3 Å². The highest BCUT2D eigenvalue weighted by Gasteiger charge is 2.70. The first kappa shape index (κ1) is 25.8. The molecule has 1 heterocycles. The number of nitrogens with one attached hydrogen (secondary N) is 2. The van der Waals surface area contributed by atoms with Crippen LogP contribution >= 0.6 is 0 Å². The summed E-state index contributed by atoms with van der Waals surface area (Å²) in [5.74, 6) is 0.289. The number of likely N-dealkylation sites (tertiary alicyclic amines) is 1. The molecule has 33 heavy (non-hydrogen) atoms. The van der Waals surface area contributed by atoms with Crippen LogP contribution in [-0.2, 0) is 14.3 Å². The number of amides is 3. The summed E-state index contributed by atoms with van der Waals surface area (Å²) in [5.41, 5.74) is -1.88. The predicted octanol–water partition coefficient (Wildman–Crippen LogP) is 2.69. The van der Waals surface area contributed by atoms with Gasteiger partial charge in [-0.3, -0.25) is 9.59 Å². The average Bonchev–Trinajstić information content (AvgIpc) is 2.98. The largest absolute Gasteiger partial charge is 0.444 e. The van der Waals surface area contributed by atoms with E-state index in [4.69, 9.17) is 4.74 Å². The monoisotopic (exact) mass is 465 g/mol. The number of hydrogen-bond donors (Lipinski definition) is 3. The number of nitrogens with zero attached hydrogens (tertiary/aromatic N) is 1. The highest BCUT2D eigenvalue weighted by atomic mass is 16.6. The van der Waals surface area contributed by atoms with Crippen LogP contribution in [0, 0.1) is 28.6 Å². The van der Waals surface area contributed by atoms with Crippen LogP contribution in [0.2, 0.25) is 0 Å². The van der Waals surface area contributed by atoms with Gasteiger partial charge < -0.3 is 25.4 Å². The molecular formula is C25H43N3O5. The van der Waals surface area contributed by atoms with Crippen molar-refractivity contribution < 1.29 is 24.2 Å². The van der Waals surface area contributed by atoms with Crippen LogP contribution in [0.15, 0.2) is 0 Å². The summed E-state index contributed by atoms with van der Waals surface area (Å²) in [6.45, 7) is 17.7. The van der Waals surface area contributed by atoms with E-state index in [0.717, 1.165) is 12.8 Å². The number of aliphatic hydroxyl groups excluding tert-OH is 1. The summed E-state index contributed by atoms with van der Waals surface area (Å²) in [7, 11) is 0. The second kappa shape index (κ2) is 8.14. The van der Waals surface area contributed by atoms with Crippen LogP contribution in [0.3, 0.4) is 0 Å². The van der Waals surface area contributed by atoms with Gasteiger partial charge in [-0.2, -0.15) is 0 Å². The van der Waals surface area contributed by atoms with Crippen LogP contribution in [0.5, 0.6) is 0 Å². The fourth-order valence-electron chi connectivity index (χ4n) is 5.93. The lowest BCUT2D eigenvalue weighted by atomic mass is 9.69. The summed E-state index contributed by atoms with van der Waals surface area (Å²) in [6, 6.07) is -1.44. The standard InChI is InChI=1S/C25H43N3O5/c1-14-10-25(11-14,13-29)27-19(30)17-16-15(24(16,8)9)12-28(17)20(31)18(22(2,3)4)26-21(32)33-23(5,6)7/h14-18,29H,10-13H2,1-9H3,(H,26,32)(H,27,30)/t14?,15-,16-,17-,18+,25?/m0/s1. The van der Waals surface area contributed by atoms with Crippen molar-refractivity contribution in [1.82, 2.24) is 15.5 Å². The predicted molar refractivity (Wildman–Crippen MR) is 125 cm³/mol. The van der Waals surface area contributed by atoms with Gasteiger partial charge in [0.25, 0.3) is 0 Å². The van der Waals surface area contributed by atoms with Gasteiger partial charge in [0.2, 0.25) is 11.8 Å². The molecule has 2 saturated carbocycles. The normalized spacial score (nSPS) is 33.5. The van der Waals surface area contributed by atoms with Gasteiger partial charge in [-0.25, -0.2) is 4.79 Å². The second-order valence-corrected chi connectivity index (χ2v) is 13.3. The maximum Gasteiger partial charge on any atom is 0.408 e. The number of hydrogen-bond acceptors (Lipinski definition) is 5. The van der Waals surface area contributed by atoms with Gasteiger partial charge in [-0.15, -0.1) is 0 Å². The van der Waals surface area contributed by atoms with Crippen molar-refractivity contribution in [2.24, 2.45) is 28.6 Å². The third-order valence-corrected chi connectivity index (χ3v) is 7.70. The van der Waals surface area contributed by atoms with Crippen molar-refractivity contribution in [3.05, 3.63) is 0 Å². The molecular weight excluding hydrogens is 422 g/mol. The van der Waals surface area contributed by atoms with Crippen LogP contribution in [0.25, 0.3) is 0 Å². The van der Waals surface area contributed by atoms with Crippen LogP contribution in [0.4, 0.5) is 4.79 Å². The lowest BCUT2D eigenvalue weighted by Gasteiger charge is -2.47. The molecule has 0 aromatic rings. The minimum absolute atomic E-state index is 0.0199. The third kappa shape index (κ3) is 5.00. The molecule has 0 unspecified atom stereocenters. The van der Waals surface area contributed by atoms with E-state index >= 15 is 0 Å². The number of carbonyl (C=O) groups excluding carboxylic acids is 3. The van der Waals surface area contributed by atoms with E-state index in [1.165, 1.54) is 0 Å². The van der Waals surface area contributed by atoms with E-state index in [9.17, 15) is 19.5 Å². The second-order valence-electron chi connectivity index (χ2n) is 13.3. The van der Waals surface area contributed by atoms with Gasteiger partial charge in [-0.05, 0) is 62.2 Å². The molecule has 0 aromatic heterocycles. The van der Waals surface area contributed by atoms with Crippen molar-refractivity contribution in [3.63, 3.8) is 0 Å². The van der Waals surface area contributed by atoms with Crippen molar-refractivity contribution in [1.29, 1.82) is 0 Å². The molecule has 0 aromatic carbocycles. The zero-order valence-corrected chi connectivity index (χ0v) is 21.7. The summed E-state index contributed by atoms with van der Waals surface area (Å²) in [6.07, 6.45) is 0.820. The zero-order chi connectivity index (χ0) is 25.1. The van der Waals surface area contributed by atoms with E-state index in [0.29, 0.717) is 12.5 Å². The first-order chi connectivity index (χ1) is 14.9.